The Morgan fingerprint density at radius 3 is 2.20 bits per heavy atom. The lowest BCUT2D eigenvalue weighted by Crippen LogP contribution is -2.51. The molecule has 3 rings (SSSR count). The molecule has 7 nitrogen and oxygen atoms in total. The second kappa shape index (κ2) is 7.36. The Balaban J connectivity index is 1.78. The molecule has 2 aromatic rings. The third kappa shape index (κ3) is 4.94. The lowest BCUT2D eigenvalue weighted by atomic mass is 10.2. The number of benzene rings is 2. The number of carbonyl (C=O) groups is 1. The van der Waals surface area contributed by atoms with Gasteiger partial charge in [-0.15, -0.1) is 13.2 Å². The molecule has 1 aliphatic heterocycles. The van der Waals surface area contributed by atoms with Crippen molar-refractivity contribution in [1.82, 2.24) is 4.72 Å². The summed E-state index contributed by atoms with van der Waals surface area (Å²) < 4.78 is 105. The first-order valence-electron chi connectivity index (χ1n) is 7.91. The van der Waals surface area contributed by atoms with Gasteiger partial charge in [0.1, 0.15) is 10.6 Å². The van der Waals surface area contributed by atoms with E-state index in [1.165, 1.54) is 0 Å². The molecule has 0 unspecified atom stereocenters. The second-order valence-corrected chi connectivity index (χ2v) is 7.65. The number of fused-ring (bicyclic) bond motifs is 1. The molecule has 3 N–H and O–H groups in total. The molecule has 1 atom stereocenters. The fourth-order valence-electron chi connectivity index (χ4n) is 2.53. The average Bonchev–Trinajstić information content (AvgIpc) is 2.60. The Labute approximate surface area is 165 Å². The van der Waals surface area contributed by atoms with E-state index in [2.05, 4.69) is 15.4 Å². The lowest BCUT2D eigenvalue weighted by Gasteiger charge is -2.27. The van der Waals surface area contributed by atoms with Crippen LogP contribution in [0.5, 0.6) is 5.75 Å². The first-order valence-corrected chi connectivity index (χ1v) is 9.40. The molecule has 14 heteroatoms. The minimum atomic E-state index is -4.91. The van der Waals surface area contributed by atoms with Crippen LogP contribution in [0.3, 0.4) is 0 Å². The summed E-state index contributed by atoms with van der Waals surface area (Å²) in [5.74, 6) is -1.56. The zero-order valence-electron chi connectivity index (χ0n) is 14.4. The summed E-state index contributed by atoms with van der Waals surface area (Å²) in [6.07, 6.45) is -11.3. The van der Waals surface area contributed by atoms with Gasteiger partial charge in [0.2, 0.25) is 10.0 Å². The summed E-state index contributed by atoms with van der Waals surface area (Å²) in [5, 5.41) is 4.58. The highest BCUT2D eigenvalue weighted by molar-refractivity contribution is 7.89. The van der Waals surface area contributed by atoms with Gasteiger partial charge in [-0.2, -0.15) is 17.9 Å². The molecule has 1 aliphatic rings. The van der Waals surface area contributed by atoms with Crippen LogP contribution in [-0.2, 0) is 21.0 Å². The minimum Gasteiger partial charge on any atom is -0.406 e. The van der Waals surface area contributed by atoms with Gasteiger partial charge in [-0.3, -0.25) is 4.79 Å². The molecular formula is C16H11F6N3O4S. The van der Waals surface area contributed by atoms with Gasteiger partial charge in [0.25, 0.3) is 5.91 Å². The molecule has 30 heavy (non-hydrogen) atoms. The van der Waals surface area contributed by atoms with Gasteiger partial charge >= 0.3 is 12.5 Å². The zero-order valence-corrected chi connectivity index (χ0v) is 15.2. The molecule has 1 heterocycles. The van der Waals surface area contributed by atoms with Crippen LogP contribution in [0, 0.1) is 0 Å². The first-order chi connectivity index (χ1) is 13.7. The monoisotopic (exact) mass is 455 g/mol. The van der Waals surface area contributed by atoms with Gasteiger partial charge < -0.3 is 15.4 Å². The summed E-state index contributed by atoms with van der Waals surface area (Å²) in [6, 6.07) is 5.83. The van der Waals surface area contributed by atoms with Crippen molar-refractivity contribution in [1.29, 1.82) is 0 Å². The Hall–Kier alpha value is -3.00. The number of ether oxygens (including phenoxy) is 1. The van der Waals surface area contributed by atoms with E-state index in [-0.39, 0.29) is 5.69 Å². The van der Waals surface area contributed by atoms with E-state index in [1.54, 1.807) is 0 Å². The highest BCUT2D eigenvalue weighted by Gasteiger charge is 2.37. The van der Waals surface area contributed by atoms with Gasteiger partial charge in [0.15, 0.2) is 6.17 Å². The third-order valence-corrected chi connectivity index (χ3v) is 5.27. The van der Waals surface area contributed by atoms with Crippen LogP contribution in [0.2, 0.25) is 0 Å². The number of amides is 1. The highest BCUT2D eigenvalue weighted by Crippen LogP contribution is 2.35. The zero-order chi connectivity index (χ0) is 22.3. The maximum absolute atomic E-state index is 12.9. The molecule has 2 aromatic carbocycles. The topological polar surface area (TPSA) is 96.5 Å². The number of sulfonamides is 1. The van der Waals surface area contributed by atoms with E-state index < -0.39 is 56.5 Å². The molecule has 0 aromatic heterocycles. The number of halogens is 6. The Morgan fingerprint density at radius 1 is 1.00 bits per heavy atom. The SMILES string of the molecule is O=C(Nc1ccc(OC(F)(F)F)cc1)[C@H]1Nc2cc(C(F)(F)F)ccc2S(=O)(=O)N1. The molecule has 0 bridgehead atoms. The molecular weight excluding hydrogens is 444 g/mol. The number of hydrogen-bond donors (Lipinski definition) is 3. The number of carbonyl (C=O) groups excluding carboxylic acids is 1. The Morgan fingerprint density at radius 2 is 1.63 bits per heavy atom. The molecule has 0 spiro atoms. The van der Waals surface area contributed by atoms with Crippen LogP contribution in [0.15, 0.2) is 47.4 Å². The van der Waals surface area contributed by atoms with Crippen LogP contribution in [-0.4, -0.2) is 26.9 Å². The number of alkyl halides is 6. The Kier molecular flexibility index (Phi) is 5.32. The van der Waals surface area contributed by atoms with Crippen molar-refractivity contribution in [3.8, 4) is 5.75 Å². The van der Waals surface area contributed by atoms with Crippen molar-refractivity contribution < 1.29 is 44.3 Å². The van der Waals surface area contributed by atoms with Gasteiger partial charge in [-0.1, -0.05) is 0 Å². The standard InChI is InChI=1S/C16H11F6N3O4S/c17-15(18,19)8-1-6-12-11(7-8)24-13(25-30(12,27)28)14(26)23-9-2-4-10(5-3-9)29-16(20,21)22/h1-7,13,24-25H,(H,23,26)/t13-/m0/s1. The number of hydrogen-bond acceptors (Lipinski definition) is 5. The summed E-state index contributed by atoms with van der Waals surface area (Å²) in [5.41, 5.74) is -1.56. The van der Waals surface area contributed by atoms with Crippen LogP contribution in [0.1, 0.15) is 5.56 Å². The summed E-state index contributed by atoms with van der Waals surface area (Å²) >= 11 is 0. The maximum atomic E-state index is 12.9. The minimum absolute atomic E-state index is 0.00892. The third-order valence-electron chi connectivity index (χ3n) is 3.79. The molecule has 162 valence electrons. The largest absolute Gasteiger partial charge is 0.573 e. The molecule has 0 saturated heterocycles. The first kappa shape index (κ1) is 21.7. The van der Waals surface area contributed by atoms with Gasteiger partial charge in [0, 0.05) is 5.69 Å². The molecule has 0 saturated carbocycles. The summed E-state index contributed by atoms with van der Waals surface area (Å²) in [4.78, 5) is 11.8. The van der Waals surface area contributed by atoms with Gasteiger partial charge in [-0.25, -0.2) is 8.42 Å². The van der Waals surface area contributed by atoms with Crippen LogP contribution in [0.4, 0.5) is 37.7 Å². The number of anilines is 2. The van der Waals surface area contributed by atoms with Crippen molar-refractivity contribution in [3.63, 3.8) is 0 Å². The van der Waals surface area contributed by atoms with Crippen molar-refractivity contribution in [2.45, 2.75) is 23.6 Å². The van der Waals surface area contributed by atoms with Crippen LogP contribution in [0.25, 0.3) is 0 Å². The molecule has 0 radical (unpaired) electrons. The lowest BCUT2D eigenvalue weighted by molar-refractivity contribution is -0.274. The number of rotatable bonds is 3. The second-order valence-electron chi connectivity index (χ2n) is 5.97. The van der Waals surface area contributed by atoms with Crippen LogP contribution < -0.4 is 20.1 Å². The summed E-state index contributed by atoms with van der Waals surface area (Å²) in [7, 11) is -4.30. The predicted molar refractivity (Wildman–Crippen MR) is 90.9 cm³/mol. The normalized spacial score (nSPS) is 18.1. The average molecular weight is 455 g/mol. The van der Waals surface area contributed by atoms with Crippen molar-refractivity contribution >= 4 is 27.3 Å². The van der Waals surface area contributed by atoms with E-state index in [0.717, 1.165) is 30.3 Å². The number of nitrogens with one attached hydrogen (secondary N) is 3. The maximum Gasteiger partial charge on any atom is 0.573 e. The smallest absolute Gasteiger partial charge is 0.406 e. The van der Waals surface area contributed by atoms with Crippen molar-refractivity contribution in [2.75, 3.05) is 10.6 Å². The van der Waals surface area contributed by atoms with E-state index in [0.29, 0.717) is 12.1 Å². The van der Waals surface area contributed by atoms with E-state index in [9.17, 15) is 39.6 Å². The fraction of sp³-hybridized carbons (Fsp3) is 0.188. The van der Waals surface area contributed by atoms with Gasteiger partial charge in [0.05, 0.1) is 11.3 Å². The molecule has 0 fully saturated rings. The predicted octanol–water partition coefficient (Wildman–Crippen LogP) is 3.27. The van der Waals surface area contributed by atoms with E-state index in [4.69, 9.17) is 0 Å². The molecule has 1 amide bonds. The molecule has 0 aliphatic carbocycles. The van der Waals surface area contributed by atoms with E-state index >= 15 is 0 Å². The van der Waals surface area contributed by atoms with Crippen molar-refractivity contribution in [2.24, 2.45) is 0 Å². The van der Waals surface area contributed by atoms with Crippen LogP contribution >= 0.6 is 0 Å². The highest BCUT2D eigenvalue weighted by atomic mass is 32.2. The summed E-state index contributed by atoms with van der Waals surface area (Å²) in [6.45, 7) is 0. The van der Waals surface area contributed by atoms with E-state index in [1.807, 2.05) is 4.72 Å². The quantitative estimate of drug-likeness (QED) is 0.618. The van der Waals surface area contributed by atoms with Gasteiger partial charge in [-0.05, 0) is 42.5 Å². The van der Waals surface area contributed by atoms with Crippen molar-refractivity contribution in [3.05, 3.63) is 48.0 Å². The fourth-order valence-corrected chi connectivity index (χ4v) is 3.79. The Bertz CT molecular complexity index is 1070.